The summed E-state index contributed by atoms with van der Waals surface area (Å²) in [5.74, 6) is -0.975. The standard InChI is InChI=1S/C13H8Cl2FNO/c14-9-3-1-8(6-11(9)16)13(18)7-2-4-12(17)10(15)5-7/h1-6H,17H2. The van der Waals surface area contributed by atoms with Gasteiger partial charge in [0.05, 0.1) is 15.7 Å². The minimum atomic E-state index is -0.635. The zero-order valence-corrected chi connectivity index (χ0v) is 10.6. The molecule has 0 atom stereocenters. The van der Waals surface area contributed by atoms with Gasteiger partial charge in [-0.3, -0.25) is 4.79 Å². The summed E-state index contributed by atoms with van der Waals surface area (Å²) in [5.41, 5.74) is 6.49. The van der Waals surface area contributed by atoms with Crippen LogP contribution in [0.15, 0.2) is 36.4 Å². The number of anilines is 1. The lowest BCUT2D eigenvalue weighted by atomic mass is 10.0. The van der Waals surface area contributed by atoms with E-state index in [2.05, 4.69) is 0 Å². The molecule has 2 aromatic rings. The molecule has 0 unspecified atom stereocenters. The van der Waals surface area contributed by atoms with Gasteiger partial charge in [-0.25, -0.2) is 4.39 Å². The van der Waals surface area contributed by atoms with Gasteiger partial charge in [-0.1, -0.05) is 23.2 Å². The molecule has 0 bridgehead atoms. The van der Waals surface area contributed by atoms with Gasteiger partial charge < -0.3 is 5.73 Å². The van der Waals surface area contributed by atoms with Crippen LogP contribution in [0.1, 0.15) is 15.9 Å². The van der Waals surface area contributed by atoms with Crippen molar-refractivity contribution in [2.45, 2.75) is 0 Å². The molecule has 0 radical (unpaired) electrons. The summed E-state index contributed by atoms with van der Waals surface area (Å²) in [4.78, 5) is 12.1. The van der Waals surface area contributed by atoms with Crippen molar-refractivity contribution < 1.29 is 9.18 Å². The molecule has 0 fully saturated rings. The first kappa shape index (κ1) is 12.9. The van der Waals surface area contributed by atoms with Crippen LogP contribution in [0, 0.1) is 5.82 Å². The molecule has 0 saturated carbocycles. The van der Waals surface area contributed by atoms with Crippen molar-refractivity contribution in [1.82, 2.24) is 0 Å². The quantitative estimate of drug-likeness (QED) is 0.670. The molecule has 0 aliphatic rings. The van der Waals surface area contributed by atoms with Gasteiger partial charge in [0.25, 0.3) is 0 Å². The van der Waals surface area contributed by atoms with Crippen molar-refractivity contribution in [3.63, 3.8) is 0 Å². The molecular weight excluding hydrogens is 276 g/mol. The first-order chi connectivity index (χ1) is 8.49. The average Bonchev–Trinajstić information content (AvgIpc) is 2.35. The number of carbonyl (C=O) groups is 1. The lowest BCUT2D eigenvalue weighted by Gasteiger charge is -2.04. The third-order valence-corrected chi connectivity index (χ3v) is 3.08. The number of nitrogen functional groups attached to an aromatic ring is 1. The first-order valence-electron chi connectivity index (χ1n) is 5.04. The predicted octanol–water partition coefficient (Wildman–Crippen LogP) is 3.95. The summed E-state index contributed by atoms with van der Waals surface area (Å²) in [7, 11) is 0. The van der Waals surface area contributed by atoms with Crippen LogP contribution in [-0.4, -0.2) is 5.78 Å². The Morgan fingerprint density at radius 3 is 2.22 bits per heavy atom. The highest BCUT2D eigenvalue weighted by atomic mass is 35.5. The van der Waals surface area contributed by atoms with Crippen LogP contribution >= 0.6 is 23.2 Å². The summed E-state index contributed by atoms with van der Waals surface area (Å²) in [5, 5.41) is 0.261. The molecule has 5 heteroatoms. The molecule has 2 aromatic carbocycles. The van der Waals surface area contributed by atoms with Crippen molar-refractivity contribution in [1.29, 1.82) is 0 Å². The highest BCUT2D eigenvalue weighted by Gasteiger charge is 2.12. The highest BCUT2D eigenvalue weighted by molar-refractivity contribution is 6.33. The van der Waals surface area contributed by atoms with E-state index in [1.165, 1.54) is 30.3 Å². The van der Waals surface area contributed by atoms with Gasteiger partial charge in [-0.05, 0) is 36.4 Å². The Hall–Kier alpha value is -1.58. The number of benzene rings is 2. The van der Waals surface area contributed by atoms with Crippen LogP contribution in [0.25, 0.3) is 0 Å². The number of ketones is 1. The maximum Gasteiger partial charge on any atom is 0.193 e. The first-order valence-corrected chi connectivity index (χ1v) is 5.79. The van der Waals surface area contributed by atoms with Gasteiger partial charge in [-0.15, -0.1) is 0 Å². The van der Waals surface area contributed by atoms with Crippen LogP contribution in [0.3, 0.4) is 0 Å². The van der Waals surface area contributed by atoms with E-state index in [1.807, 2.05) is 0 Å². The smallest absolute Gasteiger partial charge is 0.193 e. The van der Waals surface area contributed by atoms with Crippen LogP contribution in [0.2, 0.25) is 10.0 Å². The molecule has 2 N–H and O–H groups in total. The molecule has 2 nitrogen and oxygen atoms in total. The van der Waals surface area contributed by atoms with E-state index in [-0.39, 0.29) is 21.4 Å². The van der Waals surface area contributed by atoms with E-state index >= 15 is 0 Å². The molecule has 0 aliphatic carbocycles. The maximum absolute atomic E-state index is 13.3. The highest BCUT2D eigenvalue weighted by Crippen LogP contribution is 2.23. The Labute approximate surface area is 113 Å². The third-order valence-electron chi connectivity index (χ3n) is 2.44. The summed E-state index contributed by atoms with van der Waals surface area (Å²) in [6.07, 6.45) is 0. The Bertz CT molecular complexity index is 575. The van der Waals surface area contributed by atoms with Crippen LogP contribution in [0.5, 0.6) is 0 Å². The molecular formula is C13H8Cl2FNO. The Kier molecular flexibility index (Phi) is 3.55. The van der Waals surface area contributed by atoms with E-state index in [0.717, 1.165) is 6.07 Å². The molecule has 0 saturated heterocycles. The summed E-state index contributed by atoms with van der Waals surface area (Å²) in [6.45, 7) is 0. The van der Waals surface area contributed by atoms with E-state index in [1.54, 1.807) is 0 Å². The number of rotatable bonds is 2. The van der Waals surface area contributed by atoms with Crippen molar-refractivity contribution in [3.8, 4) is 0 Å². The summed E-state index contributed by atoms with van der Waals surface area (Å²) in [6, 6.07) is 8.40. The second-order valence-corrected chi connectivity index (χ2v) is 4.51. The summed E-state index contributed by atoms with van der Waals surface area (Å²) >= 11 is 11.4. The number of halogens is 3. The fourth-order valence-corrected chi connectivity index (χ4v) is 1.77. The minimum Gasteiger partial charge on any atom is -0.398 e. The second kappa shape index (κ2) is 4.96. The molecule has 0 heterocycles. The SMILES string of the molecule is Nc1ccc(C(=O)c2ccc(Cl)c(F)c2)cc1Cl. The van der Waals surface area contributed by atoms with Crippen molar-refractivity contribution in [2.24, 2.45) is 0 Å². The van der Waals surface area contributed by atoms with Crippen molar-refractivity contribution >= 4 is 34.7 Å². The van der Waals surface area contributed by atoms with Gasteiger partial charge in [0, 0.05) is 11.1 Å². The van der Waals surface area contributed by atoms with E-state index in [4.69, 9.17) is 28.9 Å². The zero-order chi connectivity index (χ0) is 13.3. The van der Waals surface area contributed by atoms with Crippen molar-refractivity contribution in [3.05, 3.63) is 63.4 Å². The van der Waals surface area contributed by atoms with Gasteiger partial charge in [0.15, 0.2) is 5.78 Å². The van der Waals surface area contributed by atoms with E-state index in [0.29, 0.717) is 11.3 Å². The fraction of sp³-hybridized carbons (Fsp3) is 0. The van der Waals surface area contributed by atoms with Gasteiger partial charge >= 0.3 is 0 Å². The average molecular weight is 284 g/mol. The molecule has 92 valence electrons. The largest absolute Gasteiger partial charge is 0.398 e. The number of hydrogen-bond donors (Lipinski definition) is 1. The molecule has 18 heavy (non-hydrogen) atoms. The third kappa shape index (κ3) is 2.47. The lowest BCUT2D eigenvalue weighted by Crippen LogP contribution is -2.02. The van der Waals surface area contributed by atoms with Gasteiger partial charge in [0.1, 0.15) is 5.82 Å². The fourth-order valence-electron chi connectivity index (χ4n) is 1.47. The second-order valence-electron chi connectivity index (χ2n) is 3.69. The van der Waals surface area contributed by atoms with Crippen LogP contribution in [0.4, 0.5) is 10.1 Å². The Morgan fingerprint density at radius 1 is 1.00 bits per heavy atom. The van der Waals surface area contributed by atoms with Crippen LogP contribution < -0.4 is 5.73 Å². The number of carbonyl (C=O) groups excluding carboxylic acids is 1. The monoisotopic (exact) mass is 283 g/mol. The number of nitrogens with two attached hydrogens (primary N) is 1. The van der Waals surface area contributed by atoms with Gasteiger partial charge in [-0.2, -0.15) is 0 Å². The molecule has 0 aromatic heterocycles. The Morgan fingerprint density at radius 2 is 1.61 bits per heavy atom. The molecule has 2 rings (SSSR count). The molecule has 0 aliphatic heterocycles. The summed E-state index contributed by atoms with van der Waals surface area (Å²) < 4.78 is 13.3. The maximum atomic E-state index is 13.3. The topological polar surface area (TPSA) is 43.1 Å². The Balaban J connectivity index is 2.41. The minimum absolute atomic E-state index is 0.0260. The van der Waals surface area contributed by atoms with Crippen molar-refractivity contribution in [2.75, 3.05) is 5.73 Å². The van der Waals surface area contributed by atoms with Crippen LogP contribution in [-0.2, 0) is 0 Å². The molecule has 0 spiro atoms. The lowest BCUT2D eigenvalue weighted by molar-refractivity contribution is 0.103. The predicted molar refractivity (Wildman–Crippen MR) is 70.7 cm³/mol. The molecule has 0 amide bonds. The number of hydrogen-bond acceptors (Lipinski definition) is 2. The normalized spacial score (nSPS) is 10.4. The van der Waals surface area contributed by atoms with Gasteiger partial charge in [0.2, 0.25) is 0 Å². The zero-order valence-electron chi connectivity index (χ0n) is 9.08. The van der Waals surface area contributed by atoms with E-state index < -0.39 is 5.82 Å². The van der Waals surface area contributed by atoms with E-state index in [9.17, 15) is 9.18 Å².